The number of rotatable bonds is 8. The van der Waals surface area contributed by atoms with E-state index in [-0.39, 0.29) is 24.2 Å². The summed E-state index contributed by atoms with van der Waals surface area (Å²) >= 11 is 0. The third-order valence-electron chi connectivity index (χ3n) is 5.00. The standard InChI is InChI=1S/C25H30N6O3/c1-18(2)13-21(32)6-3-7-24(33)27-8-4-5-19-14-22(20-16-28-25(26)29-17-20)30-23(15-19)31-9-11-34-12-10-31/h13-17H,3,6-12H2,1-2H3,(H,27,33)(H2,26,28,29). The largest absolute Gasteiger partial charge is 0.378 e. The number of nitrogens with one attached hydrogen (secondary N) is 1. The van der Waals surface area contributed by atoms with E-state index in [9.17, 15) is 9.59 Å². The molecule has 9 heteroatoms. The number of anilines is 2. The lowest BCUT2D eigenvalue weighted by Crippen LogP contribution is -2.36. The molecule has 0 bridgehead atoms. The van der Waals surface area contributed by atoms with Crippen LogP contribution < -0.4 is 16.0 Å². The van der Waals surface area contributed by atoms with Gasteiger partial charge in [-0.2, -0.15) is 0 Å². The van der Waals surface area contributed by atoms with Crippen LogP contribution in [0, 0.1) is 11.8 Å². The predicted octanol–water partition coefficient (Wildman–Crippen LogP) is 2.13. The Bertz CT molecular complexity index is 1090. The molecule has 34 heavy (non-hydrogen) atoms. The number of nitrogens with two attached hydrogens (primary N) is 1. The molecule has 0 aromatic carbocycles. The van der Waals surface area contributed by atoms with E-state index in [1.165, 1.54) is 0 Å². The molecule has 0 unspecified atom stereocenters. The quantitative estimate of drug-likeness (QED) is 0.452. The molecule has 1 amide bonds. The Morgan fingerprint density at radius 2 is 1.91 bits per heavy atom. The van der Waals surface area contributed by atoms with Crippen LogP contribution in [0.25, 0.3) is 11.3 Å². The summed E-state index contributed by atoms with van der Waals surface area (Å²) in [5.41, 5.74) is 8.77. The Balaban J connectivity index is 1.64. The van der Waals surface area contributed by atoms with E-state index in [0.717, 1.165) is 35.6 Å². The van der Waals surface area contributed by atoms with E-state index < -0.39 is 0 Å². The minimum Gasteiger partial charge on any atom is -0.378 e. The van der Waals surface area contributed by atoms with Gasteiger partial charge in [0.15, 0.2) is 5.78 Å². The van der Waals surface area contributed by atoms with Crippen molar-refractivity contribution in [3.63, 3.8) is 0 Å². The number of amides is 1. The van der Waals surface area contributed by atoms with Gasteiger partial charge in [0.2, 0.25) is 11.9 Å². The number of carbonyl (C=O) groups excluding carboxylic acids is 2. The third kappa shape index (κ3) is 7.98. The van der Waals surface area contributed by atoms with Gasteiger partial charge in [-0.3, -0.25) is 9.59 Å². The van der Waals surface area contributed by atoms with Crippen molar-refractivity contribution in [1.82, 2.24) is 20.3 Å². The molecule has 0 radical (unpaired) electrons. The molecule has 2 aromatic rings. The van der Waals surface area contributed by atoms with Gasteiger partial charge in [0, 0.05) is 49.5 Å². The predicted molar refractivity (Wildman–Crippen MR) is 131 cm³/mol. The average molecular weight is 463 g/mol. The zero-order valence-electron chi connectivity index (χ0n) is 19.6. The van der Waals surface area contributed by atoms with E-state index in [1.54, 1.807) is 18.5 Å². The highest BCUT2D eigenvalue weighted by atomic mass is 16.5. The van der Waals surface area contributed by atoms with Crippen molar-refractivity contribution in [2.75, 3.05) is 43.5 Å². The molecule has 9 nitrogen and oxygen atoms in total. The molecule has 1 saturated heterocycles. The van der Waals surface area contributed by atoms with Gasteiger partial charge < -0.3 is 20.7 Å². The smallest absolute Gasteiger partial charge is 0.220 e. The Labute approximate surface area is 199 Å². The van der Waals surface area contributed by atoms with Crippen LogP contribution in [0.3, 0.4) is 0 Å². The van der Waals surface area contributed by atoms with Gasteiger partial charge >= 0.3 is 0 Å². The second-order valence-corrected chi connectivity index (χ2v) is 8.15. The number of hydrogen-bond acceptors (Lipinski definition) is 8. The monoisotopic (exact) mass is 462 g/mol. The zero-order valence-corrected chi connectivity index (χ0v) is 19.6. The zero-order chi connectivity index (χ0) is 24.3. The first kappa shape index (κ1) is 24.9. The molecule has 0 saturated carbocycles. The van der Waals surface area contributed by atoms with E-state index in [0.29, 0.717) is 38.2 Å². The molecule has 3 rings (SSSR count). The van der Waals surface area contributed by atoms with Crippen LogP contribution in [0.2, 0.25) is 0 Å². The number of nitrogen functional groups attached to an aromatic ring is 1. The number of ketones is 1. The summed E-state index contributed by atoms with van der Waals surface area (Å²) in [7, 11) is 0. The van der Waals surface area contributed by atoms with Crippen molar-refractivity contribution in [3.05, 3.63) is 41.7 Å². The van der Waals surface area contributed by atoms with Crippen LogP contribution in [0.5, 0.6) is 0 Å². The summed E-state index contributed by atoms with van der Waals surface area (Å²) in [6, 6.07) is 3.79. The third-order valence-corrected chi connectivity index (χ3v) is 5.00. The number of carbonyl (C=O) groups is 2. The minimum absolute atomic E-state index is 0.0451. The van der Waals surface area contributed by atoms with Crippen LogP contribution in [0.15, 0.2) is 36.2 Å². The number of hydrogen-bond donors (Lipinski definition) is 2. The number of pyridine rings is 1. The number of nitrogens with zero attached hydrogens (tertiary/aromatic N) is 4. The molecule has 178 valence electrons. The lowest BCUT2D eigenvalue weighted by Gasteiger charge is -2.28. The molecular weight excluding hydrogens is 432 g/mol. The molecule has 1 aliphatic rings. The molecular formula is C25H30N6O3. The summed E-state index contributed by atoms with van der Waals surface area (Å²) < 4.78 is 5.45. The first-order valence-corrected chi connectivity index (χ1v) is 11.3. The van der Waals surface area contributed by atoms with Crippen molar-refractivity contribution >= 4 is 23.5 Å². The van der Waals surface area contributed by atoms with Crippen molar-refractivity contribution in [2.24, 2.45) is 0 Å². The van der Waals surface area contributed by atoms with Crippen LogP contribution in [0.4, 0.5) is 11.8 Å². The van der Waals surface area contributed by atoms with Crippen molar-refractivity contribution in [1.29, 1.82) is 0 Å². The summed E-state index contributed by atoms with van der Waals surface area (Å²) in [5.74, 6) is 7.02. The number of morpholine rings is 1. The molecule has 1 aliphatic heterocycles. The molecule has 3 N–H and O–H groups in total. The van der Waals surface area contributed by atoms with Crippen LogP contribution in [-0.4, -0.2) is 59.5 Å². The molecule has 0 atom stereocenters. The van der Waals surface area contributed by atoms with Gasteiger partial charge in [0.25, 0.3) is 0 Å². The second-order valence-electron chi connectivity index (χ2n) is 8.15. The number of allylic oxidation sites excluding steroid dienone is 2. The normalized spacial score (nSPS) is 12.9. The summed E-state index contributed by atoms with van der Waals surface area (Å²) in [6.45, 7) is 6.75. The van der Waals surface area contributed by atoms with Crippen LogP contribution >= 0.6 is 0 Å². The molecule has 0 aliphatic carbocycles. The first-order valence-electron chi connectivity index (χ1n) is 11.3. The van der Waals surface area contributed by atoms with Crippen molar-refractivity contribution < 1.29 is 14.3 Å². The highest BCUT2D eigenvalue weighted by Crippen LogP contribution is 2.23. The first-order chi connectivity index (χ1) is 16.4. The van der Waals surface area contributed by atoms with Gasteiger partial charge in [0.05, 0.1) is 25.5 Å². The maximum atomic E-state index is 12.0. The Kier molecular flexibility index (Phi) is 9.12. The second kappa shape index (κ2) is 12.5. The van der Waals surface area contributed by atoms with Crippen LogP contribution in [-0.2, 0) is 14.3 Å². The Morgan fingerprint density at radius 1 is 1.18 bits per heavy atom. The van der Waals surface area contributed by atoms with Gasteiger partial charge in [-0.15, -0.1) is 0 Å². The van der Waals surface area contributed by atoms with Crippen molar-refractivity contribution in [2.45, 2.75) is 33.1 Å². The fourth-order valence-electron chi connectivity index (χ4n) is 3.36. The summed E-state index contributed by atoms with van der Waals surface area (Å²) in [5, 5.41) is 2.78. The van der Waals surface area contributed by atoms with Crippen molar-refractivity contribution in [3.8, 4) is 23.1 Å². The van der Waals surface area contributed by atoms with E-state index in [1.807, 2.05) is 26.0 Å². The number of ether oxygens (including phenoxy) is 1. The summed E-state index contributed by atoms with van der Waals surface area (Å²) in [4.78, 5) is 38.7. The van der Waals surface area contributed by atoms with E-state index in [4.69, 9.17) is 15.5 Å². The fourth-order valence-corrected chi connectivity index (χ4v) is 3.36. The van der Waals surface area contributed by atoms with Gasteiger partial charge in [0.1, 0.15) is 5.82 Å². The van der Waals surface area contributed by atoms with Gasteiger partial charge in [-0.25, -0.2) is 15.0 Å². The van der Waals surface area contributed by atoms with Gasteiger partial charge in [-0.05, 0) is 38.5 Å². The lowest BCUT2D eigenvalue weighted by molar-refractivity contribution is -0.121. The highest BCUT2D eigenvalue weighted by Gasteiger charge is 2.15. The maximum Gasteiger partial charge on any atom is 0.220 e. The Morgan fingerprint density at radius 3 is 2.62 bits per heavy atom. The average Bonchev–Trinajstić information content (AvgIpc) is 2.82. The summed E-state index contributed by atoms with van der Waals surface area (Å²) in [6.07, 6.45) is 6.04. The van der Waals surface area contributed by atoms with E-state index >= 15 is 0 Å². The van der Waals surface area contributed by atoms with E-state index in [2.05, 4.69) is 32.0 Å². The fraction of sp³-hybridized carbons (Fsp3) is 0.400. The Hall–Kier alpha value is -3.77. The molecule has 0 spiro atoms. The molecule has 1 fully saturated rings. The lowest BCUT2D eigenvalue weighted by atomic mass is 10.1. The SMILES string of the molecule is CC(C)=CC(=O)CCCC(=O)NCC#Cc1cc(-c2cnc(N)nc2)nc(N2CCOCC2)c1. The highest BCUT2D eigenvalue weighted by molar-refractivity contribution is 5.90. The molecule has 2 aromatic heterocycles. The van der Waals surface area contributed by atoms with Crippen LogP contribution in [0.1, 0.15) is 38.7 Å². The number of aromatic nitrogens is 3. The minimum atomic E-state index is -0.122. The topological polar surface area (TPSA) is 123 Å². The van der Waals surface area contributed by atoms with Gasteiger partial charge in [-0.1, -0.05) is 17.4 Å². The molecule has 3 heterocycles. The maximum absolute atomic E-state index is 12.0.